The molecule has 7 heteroatoms. The minimum atomic E-state index is 0. The number of rotatable bonds is 4. The van der Waals surface area contributed by atoms with Crippen LogP contribution in [0.2, 0.25) is 5.02 Å². The van der Waals surface area contributed by atoms with E-state index >= 15 is 0 Å². The third-order valence-electron chi connectivity index (χ3n) is 4.29. The first kappa shape index (κ1) is 22.0. The zero-order valence-electron chi connectivity index (χ0n) is 14.5. The van der Waals surface area contributed by atoms with Gasteiger partial charge in [-0.1, -0.05) is 33.6 Å². The highest BCUT2D eigenvalue weighted by Crippen LogP contribution is 2.21. The van der Waals surface area contributed by atoms with Crippen LogP contribution in [0.5, 0.6) is 0 Å². The lowest BCUT2D eigenvalue weighted by Crippen LogP contribution is -2.49. The van der Waals surface area contributed by atoms with Crippen LogP contribution in [0.3, 0.4) is 0 Å². The molecule has 0 bridgehead atoms. The number of guanidine groups is 1. The van der Waals surface area contributed by atoms with Gasteiger partial charge in [-0.25, -0.2) is 0 Å². The van der Waals surface area contributed by atoms with E-state index in [0.29, 0.717) is 18.6 Å². The average Bonchev–Trinajstić information content (AvgIpc) is 2.53. The zero-order chi connectivity index (χ0) is 16.8. The Morgan fingerprint density at radius 2 is 2.04 bits per heavy atom. The first-order valence-corrected chi connectivity index (χ1v) is 9.32. The Balaban J connectivity index is 0.00000288. The molecule has 0 aliphatic carbocycles. The van der Waals surface area contributed by atoms with Gasteiger partial charge in [-0.05, 0) is 44.4 Å². The second kappa shape index (κ2) is 10.8. The predicted octanol–water partition coefficient (Wildman–Crippen LogP) is 4.26. The quantitative estimate of drug-likeness (QED) is 0.348. The summed E-state index contributed by atoms with van der Waals surface area (Å²) in [6.45, 7) is 7.47. The Bertz CT molecular complexity index is 545. The predicted molar refractivity (Wildman–Crippen MR) is 118 cm³/mol. The van der Waals surface area contributed by atoms with E-state index < -0.39 is 0 Å². The van der Waals surface area contributed by atoms with Gasteiger partial charge in [0, 0.05) is 48.3 Å². The molecule has 1 aromatic rings. The minimum Gasteiger partial charge on any atom is -0.354 e. The number of hydrogen-bond acceptors (Lipinski definition) is 2. The fourth-order valence-electron chi connectivity index (χ4n) is 2.79. The molecule has 0 amide bonds. The first-order chi connectivity index (χ1) is 11.0. The molecule has 136 valence electrons. The second-order valence-corrected chi connectivity index (χ2v) is 7.53. The summed E-state index contributed by atoms with van der Waals surface area (Å²) in [4.78, 5) is 6.85. The van der Waals surface area contributed by atoms with E-state index in [2.05, 4.69) is 50.3 Å². The van der Waals surface area contributed by atoms with Gasteiger partial charge in [0.2, 0.25) is 0 Å². The number of benzene rings is 1. The van der Waals surface area contributed by atoms with Crippen molar-refractivity contribution in [3.8, 4) is 0 Å². The van der Waals surface area contributed by atoms with Crippen molar-refractivity contribution in [2.24, 2.45) is 4.99 Å². The fraction of sp³-hybridized carbons (Fsp3) is 0.588. The van der Waals surface area contributed by atoms with Crippen molar-refractivity contribution in [3.05, 3.63) is 33.3 Å². The number of nitrogens with zero attached hydrogens (tertiary/aromatic N) is 2. The molecule has 0 spiro atoms. The van der Waals surface area contributed by atoms with E-state index in [1.165, 1.54) is 0 Å². The summed E-state index contributed by atoms with van der Waals surface area (Å²) >= 11 is 9.68. The van der Waals surface area contributed by atoms with Gasteiger partial charge in [-0.2, -0.15) is 0 Å². The van der Waals surface area contributed by atoms with E-state index in [-0.39, 0.29) is 24.0 Å². The van der Waals surface area contributed by atoms with E-state index in [4.69, 9.17) is 11.6 Å². The zero-order valence-corrected chi connectivity index (χ0v) is 19.2. The molecule has 0 unspecified atom stereocenters. The summed E-state index contributed by atoms with van der Waals surface area (Å²) < 4.78 is 0.991. The maximum absolute atomic E-state index is 6.26. The van der Waals surface area contributed by atoms with E-state index in [9.17, 15) is 0 Å². The Kier molecular flexibility index (Phi) is 9.93. The average molecular weight is 530 g/mol. The van der Waals surface area contributed by atoms with E-state index in [0.717, 1.165) is 46.9 Å². The lowest BCUT2D eigenvalue weighted by molar-refractivity contribution is 0.167. The summed E-state index contributed by atoms with van der Waals surface area (Å²) in [6.07, 6.45) is 2.30. The number of halogens is 3. The standard InChI is InChI=1S/C17H26BrClN4.HI/c1-12(2)23-8-6-15(7-9-23)22-17(20-3)21-11-13-4-5-14(18)10-16(13)19;/h4-5,10,12,15H,6-9,11H2,1-3H3,(H2,20,21,22);1H. The van der Waals surface area contributed by atoms with Gasteiger partial charge in [0.15, 0.2) is 5.96 Å². The third kappa shape index (κ3) is 6.69. The van der Waals surface area contributed by atoms with Crippen molar-refractivity contribution < 1.29 is 0 Å². The number of aliphatic imine (C=N–C) groups is 1. The topological polar surface area (TPSA) is 39.7 Å². The van der Waals surface area contributed by atoms with Crippen molar-refractivity contribution in [2.45, 2.75) is 45.3 Å². The highest BCUT2D eigenvalue weighted by Gasteiger charge is 2.21. The summed E-state index contributed by atoms with van der Waals surface area (Å²) in [5.74, 6) is 0.840. The van der Waals surface area contributed by atoms with Crippen molar-refractivity contribution in [2.75, 3.05) is 20.1 Å². The van der Waals surface area contributed by atoms with Crippen LogP contribution < -0.4 is 10.6 Å². The molecule has 1 aliphatic heterocycles. The molecule has 1 fully saturated rings. The Morgan fingerprint density at radius 3 is 2.58 bits per heavy atom. The molecule has 0 radical (unpaired) electrons. The van der Waals surface area contributed by atoms with Crippen molar-refractivity contribution in [3.63, 3.8) is 0 Å². The van der Waals surface area contributed by atoms with Crippen molar-refractivity contribution >= 4 is 57.5 Å². The monoisotopic (exact) mass is 528 g/mol. The molecule has 0 saturated carbocycles. The maximum Gasteiger partial charge on any atom is 0.191 e. The molecule has 4 nitrogen and oxygen atoms in total. The molecular formula is C17H27BrClIN4. The van der Waals surface area contributed by atoms with Crippen LogP contribution >= 0.6 is 51.5 Å². The molecule has 2 N–H and O–H groups in total. The highest BCUT2D eigenvalue weighted by molar-refractivity contribution is 14.0. The number of piperidine rings is 1. The lowest BCUT2D eigenvalue weighted by Gasteiger charge is -2.35. The SMILES string of the molecule is CN=C(NCc1ccc(Br)cc1Cl)NC1CCN(C(C)C)CC1.I. The van der Waals surface area contributed by atoms with Crippen LogP contribution in [-0.4, -0.2) is 43.1 Å². The molecule has 1 aliphatic rings. The maximum atomic E-state index is 6.26. The summed E-state index contributed by atoms with van der Waals surface area (Å²) in [7, 11) is 1.81. The minimum absolute atomic E-state index is 0. The van der Waals surface area contributed by atoms with Crippen LogP contribution in [0.4, 0.5) is 0 Å². The Labute approximate surface area is 176 Å². The van der Waals surface area contributed by atoms with Gasteiger partial charge < -0.3 is 15.5 Å². The number of hydrogen-bond donors (Lipinski definition) is 2. The summed E-state index contributed by atoms with van der Waals surface area (Å²) in [5.41, 5.74) is 1.06. The van der Waals surface area contributed by atoms with Crippen LogP contribution in [-0.2, 0) is 6.54 Å². The first-order valence-electron chi connectivity index (χ1n) is 8.14. The fourth-order valence-corrected chi connectivity index (χ4v) is 3.53. The summed E-state index contributed by atoms with van der Waals surface area (Å²) in [5, 5.41) is 7.64. The van der Waals surface area contributed by atoms with Gasteiger partial charge in [-0.15, -0.1) is 24.0 Å². The molecule has 1 heterocycles. The molecular weight excluding hydrogens is 502 g/mol. The molecule has 1 saturated heterocycles. The third-order valence-corrected chi connectivity index (χ3v) is 5.13. The van der Waals surface area contributed by atoms with Crippen molar-refractivity contribution in [1.29, 1.82) is 0 Å². The van der Waals surface area contributed by atoms with Crippen LogP contribution in [0.1, 0.15) is 32.3 Å². The molecule has 24 heavy (non-hydrogen) atoms. The van der Waals surface area contributed by atoms with Crippen LogP contribution in [0.25, 0.3) is 0 Å². The Hall–Kier alpha value is -0.0500. The summed E-state index contributed by atoms with van der Waals surface area (Å²) in [6, 6.07) is 7.05. The normalized spacial score (nSPS) is 16.8. The molecule has 0 aromatic heterocycles. The van der Waals surface area contributed by atoms with Crippen LogP contribution in [0, 0.1) is 0 Å². The smallest absolute Gasteiger partial charge is 0.191 e. The van der Waals surface area contributed by atoms with Crippen molar-refractivity contribution in [1.82, 2.24) is 15.5 Å². The largest absolute Gasteiger partial charge is 0.354 e. The number of likely N-dealkylation sites (tertiary alicyclic amines) is 1. The highest BCUT2D eigenvalue weighted by atomic mass is 127. The molecule has 0 atom stereocenters. The molecule has 2 rings (SSSR count). The van der Waals surface area contributed by atoms with Crippen LogP contribution in [0.15, 0.2) is 27.7 Å². The van der Waals surface area contributed by atoms with Gasteiger partial charge in [0.25, 0.3) is 0 Å². The lowest BCUT2D eigenvalue weighted by atomic mass is 10.0. The second-order valence-electron chi connectivity index (χ2n) is 6.21. The van der Waals surface area contributed by atoms with Gasteiger partial charge in [-0.3, -0.25) is 4.99 Å². The van der Waals surface area contributed by atoms with Gasteiger partial charge >= 0.3 is 0 Å². The van der Waals surface area contributed by atoms with E-state index in [1.807, 2.05) is 25.2 Å². The number of nitrogens with one attached hydrogen (secondary N) is 2. The van der Waals surface area contributed by atoms with Gasteiger partial charge in [0.05, 0.1) is 0 Å². The Morgan fingerprint density at radius 1 is 1.38 bits per heavy atom. The van der Waals surface area contributed by atoms with Gasteiger partial charge in [0.1, 0.15) is 0 Å². The molecule has 1 aromatic carbocycles. The van der Waals surface area contributed by atoms with E-state index in [1.54, 1.807) is 0 Å².